The molecule has 0 radical (unpaired) electrons. The van der Waals surface area contributed by atoms with Gasteiger partial charge in [-0.3, -0.25) is 19.1 Å². The van der Waals surface area contributed by atoms with E-state index in [-0.39, 0.29) is 43.9 Å². The molecule has 2 bridgehead atoms. The lowest BCUT2D eigenvalue weighted by Gasteiger charge is -2.35. The van der Waals surface area contributed by atoms with Gasteiger partial charge in [0.05, 0.1) is 6.20 Å². The molecule has 206 valence electrons. The van der Waals surface area contributed by atoms with Gasteiger partial charge in [0.15, 0.2) is 17.2 Å². The van der Waals surface area contributed by atoms with Crippen LogP contribution in [0.25, 0.3) is 0 Å². The van der Waals surface area contributed by atoms with Gasteiger partial charge in [-0.15, -0.1) is 0 Å². The van der Waals surface area contributed by atoms with Gasteiger partial charge in [-0.1, -0.05) is 13.8 Å². The summed E-state index contributed by atoms with van der Waals surface area (Å²) in [4.78, 5) is 46.7. The fourth-order valence-corrected chi connectivity index (χ4v) is 5.28. The topological polar surface area (TPSA) is 100 Å². The van der Waals surface area contributed by atoms with Gasteiger partial charge in [-0.05, 0) is 44.4 Å². The second kappa shape index (κ2) is 12.0. The van der Waals surface area contributed by atoms with Crippen molar-refractivity contribution < 1.29 is 23.2 Å². The minimum absolute atomic E-state index is 0.00218. The van der Waals surface area contributed by atoms with Crippen LogP contribution in [0.15, 0.2) is 12.3 Å². The van der Waals surface area contributed by atoms with Crippen molar-refractivity contribution in [1.82, 2.24) is 29.9 Å². The third-order valence-electron chi connectivity index (χ3n) is 7.36. The smallest absolute Gasteiger partial charge is 0.275 e. The molecular weight excluding hydrogens is 494 g/mol. The first kappa shape index (κ1) is 27.7. The number of pyridine rings is 1. The van der Waals surface area contributed by atoms with Crippen molar-refractivity contribution >= 4 is 17.7 Å². The Morgan fingerprint density at radius 3 is 2.68 bits per heavy atom. The van der Waals surface area contributed by atoms with Crippen LogP contribution in [0, 0.1) is 17.6 Å². The van der Waals surface area contributed by atoms with Crippen LogP contribution in [0.4, 0.5) is 8.78 Å². The molecule has 0 saturated heterocycles. The Balaban J connectivity index is 1.60. The summed E-state index contributed by atoms with van der Waals surface area (Å²) in [5, 5.41) is 7.39. The van der Waals surface area contributed by atoms with E-state index >= 15 is 0 Å². The summed E-state index contributed by atoms with van der Waals surface area (Å²) in [7, 11) is 1.84. The van der Waals surface area contributed by atoms with Gasteiger partial charge in [-0.25, -0.2) is 13.8 Å². The maximum absolute atomic E-state index is 14.3. The number of amides is 3. The van der Waals surface area contributed by atoms with E-state index in [0.29, 0.717) is 43.5 Å². The van der Waals surface area contributed by atoms with Crippen LogP contribution in [0.1, 0.15) is 78.2 Å². The first-order valence-electron chi connectivity index (χ1n) is 13.4. The van der Waals surface area contributed by atoms with Crippen molar-refractivity contribution in [1.29, 1.82) is 0 Å². The molecule has 1 unspecified atom stereocenters. The zero-order chi connectivity index (χ0) is 27.4. The van der Waals surface area contributed by atoms with E-state index in [1.165, 1.54) is 4.90 Å². The van der Waals surface area contributed by atoms with Crippen LogP contribution in [0.5, 0.6) is 0 Å². The number of aryl methyl sites for hydroxylation is 1. The highest BCUT2D eigenvalue weighted by Gasteiger charge is 2.33. The fourth-order valence-electron chi connectivity index (χ4n) is 5.28. The summed E-state index contributed by atoms with van der Waals surface area (Å²) in [6.45, 7) is 5.57. The summed E-state index contributed by atoms with van der Waals surface area (Å²) in [5.41, 5.74) is 1.84. The number of hydrogen-bond donors (Lipinski definition) is 1. The Labute approximate surface area is 221 Å². The van der Waals surface area contributed by atoms with Crippen molar-refractivity contribution in [2.45, 2.75) is 64.8 Å². The van der Waals surface area contributed by atoms with E-state index in [2.05, 4.69) is 29.2 Å². The van der Waals surface area contributed by atoms with Crippen LogP contribution in [0.3, 0.4) is 0 Å². The van der Waals surface area contributed by atoms with Gasteiger partial charge >= 0.3 is 0 Å². The fraction of sp³-hybridized carbons (Fsp3) is 0.593. The van der Waals surface area contributed by atoms with Crippen molar-refractivity contribution in [3.05, 3.63) is 46.5 Å². The van der Waals surface area contributed by atoms with Crippen LogP contribution >= 0.6 is 0 Å². The molecule has 0 fully saturated rings. The molecule has 0 aromatic carbocycles. The van der Waals surface area contributed by atoms with Crippen molar-refractivity contribution in [3.8, 4) is 0 Å². The normalized spacial score (nSPS) is 19.3. The average Bonchev–Trinajstić information content (AvgIpc) is 3.20. The monoisotopic (exact) mass is 530 g/mol. The second-order valence-electron chi connectivity index (χ2n) is 10.6. The van der Waals surface area contributed by atoms with E-state index in [1.54, 1.807) is 4.68 Å². The lowest BCUT2D eigenvalue weighted by atomic mass is 9.89. The summed E-state index contributed by atoms with van der Waals surface area (Å²) in [5.74, 6) is -2.44. The van der Waals surface area contributed by atoms with E-state index in [1.807, 2.05) is 11.9 Å². The molecule has 1 aliphatic carbocycles. The van der Waals surface area contributed by atoms with E-state index in [9.17, 15) is 23.2 Å². The first-order valence-corrected chi connectivity index (χ1v) is 13.4. The van der Waals surface area contributed by atoms with Crippen molar-refractivity contribution in [2.24, 2.45) is 13.0 Å². The van der Waals surface area contributed by atoms with E-state index < -0.39 is 23.2 Å². The van der Waals surface area contributed by atoms with Gasteiger partial charge < -0.3 is 15.1 Å². The number of nitrogens with one attached hydrogen (secondary N) is 1. The van der Waals surface area contributed by atoms with Crippen LogP contribution in [-0.2, 0) is 24.7 Å². The van der Waals surface area contributed by atoms with E-state index in [0.717, 1.165) is 36.7 Å². The standard InChI is InChI=1S/C27H36F2N6O3/c1-17(2)9-13-35-19-7-8-22-20(15-19)24(32-33(22)3)26(37)30-10-5-12-34(11-4-6-23(35)36)27(38)25-21(29)14-18(28)16-31-25/h14,16-17,19H,4-13,15H2,1-3H3,(H,30,37). The van der Waals surface area contributed by atoms with Crippen LogP contribution in [-0.4, -0.2) is 74.5 Å². The number of carbonyl (C=O) groups is 3. The van der Waals surface area contributed by atoms with Crippen LogP contribution < -0.4 is 5.32 Å². The predicted molar refractivity (Wildman–Crippen MR) is 136 cm³/mol. The minimum Gasteiger partial charge on any atom is -0.351 e. The molecule has 9 nitrogen and oxygen atoms in total. The summed E-state index contributed by atoms with van der Waals surface area (Å²) >= 11 is 0. The molecule has 11 heteroatoms. The van der Waals surface area contributed by atoms with Gasteiger partial charge in [-0.2, -0.15) is 5.10 Å². The molecule has 2 aliphatic rings. The Kier molecular flexibility index (Phi) is 8.73. The zero-order valence-corrected chi connectivity index (χ0v) is 22.3. The molecule has 2 aromatic heterocycles. The predicted octanol–water partition coefficient (Wildman–Crippen LogP) is 2.88. The number of rotatable bonds is 4. The number of fused-ring (bicyclic) bond motifs is 1. The Hall–Kier alpha value is -3.37. The molecule has 38 heavy (non-hydrogen) atoms. The molecule has 2 aromatic rings. The van der Waals surface area contributed by atoms with Crippen molar-refractivity contribution in [3.63, 3.8) is 0 Å². The number of hydrogen-bond acceptors (Lipinski definition) is 5. The maximum atomic E-state index is 14.3. The molecule has 3 heterocycles. The molecule has 4 rings (SSSR count). The molecule has 1 atom stereocenters. The zero-order valence-electron chi connectivity index (χ0n) is 22.3. The van der Waals surface area contributed by atoms with Crippen molar-refractivity contribution in [2.75, 3.05) is 26.2 Å². The number of nitrogens with zero attached hydrogens (tertiary/aromatic N) is 5. The summed E-state index contributed by atoms with van der Waals surface area (Å²) in [6, 6.07) is 0.592. The first-order chi connectivity index (χ1) is 18.2. The Bertz CT molecular complexity index is 1200. The SMILES string of the molecule is CC(C)CCN1C(=O)CCCN(C(=O)c2ncc(F)cc2F)CCCNC(=O)c2nn(C)c3c2CC1CC3. The highest BCUT2D eigenvalue weighted by molar-refractivity contribution is 5.94. The molecule has 0 spiro atoms. The summed E-state index contributed by atoms with van der Waals surface area (Å²) in [6.07, 6.45) is 4.81. The maximum Gasteiger partial charge on any atom is 0.275 e. The highest BCUT2D eigenvalue weighted by atomic mass is 19.1. The van der Waals surface area contributed by atoms with E-state index in [4.69, 9.17) is 0 Å². The third-order valence-corrected chi connectivity index (χ3v) is 7.36. The van der Waals surface area contributed by atoms with Gasteiger partial charge in [0.25, 0.3) is 11.8 Å². The largest absolute Gasteiger partial charge is 0.351 e. The lowest BCUT2D eigenvalue weighted by molar-refractivity contribution is -0.134. The number of halogens is 2. The molecule has 0 saturated carbocycles. The lowest BCUT2D eigenvalue weighted by Crippen LogP contribution is -2.45. The average molecular weight is 531 g/mol. The van der Waals surface area contributed by atoms with Gasteiger partial charge in [0, 0.05) is 63.0 Å². The molecule has 3 amide bonds. The molecular formula is C27H36F2N6O3. The Morgan fingerprint density at radius 1 is 1.18 bits per heavy atom. The summed E-state index contributed by atoms with van der Waals surface area (Å²) < 4.78 is 29.4. The Morgan fingerprint density at radius 2 is 1.95 bits per heavy atom. The van der Waals surface area contributed by atoms with Crippen LogP contribution in [0.2, 0.25) is 0 Å². The van der Waals surface area contributed by atoms with Gasteiger partial charge in [0.1, 0.15) is 5.82 Å². The second-order valence-corrected chi connectivity index (χ2v) is 10.6. The highest BCUT2D eigenvalue weighted by Crippen LogP contribution is 2.28. The number of aromatic nitrogens is 3. The minimum atomic E-state index is -1.03. The molecule has 1 N–H and O–H groups in total. The van der Waals surface area contributed by atoms with Gasteiger partial charge in [0.2, 0.25) is 5.91 Å². The quantitative estimate of drug-likeness (QED) is 0.655. The third kappa shape index (κ3) is 6.19. The number of carbonyl (C=O) groups excluding carboxylic acids is 3. The molecule has 1 aliphatic heterocycles.